The second kappa shape index (κ2) is 9.85. The van der Waals surface area contributed by atoms with Crippen LogP contribution in [0.4, 0.5) is 0 Å². The number of aliphatic hydroxyl groups is 1. The fourth-order valence-corrected chi connectivity index (χ4v) is 3.28. The van der Waals surface area contributed by atoms with Gasteiger partial charge in [-0.05, 0) is 44.0 Å². The normalized spacial score (nSPS) is 19.5. The maximum Gasteiger partial charge on any atom is 0.203 e. The van der Waals surface area contributed by atoms with Crippen molar-refractivity contribution in [1.29, 1.82) is 0 Å². The minimum atomic E-state index is -0.484. The van der Waals surface area contributed by atoms with E-state index >= 15 is 0 Å². The highest BCUT2D eigenvalue weighted by Crippen LogP contribution is 2.38. The Labute approximate surface area is 150 Å². The molecule has 2 rings (SSSR count). The average Bonchev–Trinajstić information content (AvgIpc) is 2.62. The number of likely N-dealkylation sites (tertiary alicyclic amines) is 1. The lowest BCUT2D eigenvalue weighted by Crippen LogP contribution is -2.43. The van der Waals surface area contributed by atoms with Gasteiger partial charge in [-0.1, -0.05) is 6.42 Å². The van der Waals surface area contributed by atoms with Crippen molar-refractivity contribution in [2.75, 3.05) is 41.0 Å². The first kappa shape index (κ1) is 19.8. The summed E-state index contributed by atoms with van der Waals surface area (Å²) in [7, 11) is 4.76. The highest BCUT2D eigenvalue weighted by Gasteiger charge is 2.21. The first-order chi connectivity index (χ1) is 12.1. The molecule has 0 aromatic heterocycles. The molecule has 0 unspecified atom stereocenters. The quantitative estimate of drug-likeness (QED) is 0.736. The van der Waals surface area contributed by atoms with Crippen molar-refractivity contribution in [1.82, 2.24) is 4.90 Å². The number of aliphatic hydroxyl groups excluding tert-OH is 1. The van der Waals surface area contributed by atoms with Crippen LogP contribution in [-0.2, 0) is 11.3 Å². The monoisotopic (exact) mass is 353 g/mol. The van der Waals surface area contributed by atoms with Crippen molar-refractivity contribution in [3.63, 3.8) is 0 Å². The number of methoxy groups -OCH3 is 3. The lowest BCUT2D eigenvalue weighted by molar-refractivity contribution is -0.00146. The summed E-state index contributed by atoms with van der Waals surface area (Å²) in [6.07, 6.45) is 3.22. The van der Waals surface area contributed by atoms with Crippen LogP contribution in [0.1, 0.15) is 31.7 Å². The third-order valence-electron chi connectivity index (χ3n) is 4.69. The Morgan fingerprint density at radius 3 is 2.36 bits per heavy atom. The first-order valence-electron chi connectivity index (χ1n) is 8.87. The van der Waals surface area contributed by atoms with E-state index in [4.69, 9.17) is 18.9 Å². The van der Waals surface area contributed by atoms with Crippen molar-refractivity contribution >= 4 is 0 Å². The van der Waals surface area contributed by atoms with Crippen LogP contribution in [0.25, 0.3) is 0 Å². The molecule has 1 aromatic carbocycles. The van der Waals surface area contributed by atoms with Gasteiger partial charge in [0.2, 0.25) is 5.75 Å². The van der Waals surface area contributed by atoms with E-state index in [-0.39, 0.29) is 0 Å². The average molecular weight is 353 g/mol. The van der Waals surface area contributed by atoms with Crippen molar-refractivity contribution in [2.45, 2.75) is 44.9 Å². The lowest BCUT2D eigenvalue weighted by atomic mass is 10.0. The third-order valence-corrected chi connectivity index (χ3v) is 4.69. The van der Waals surface area contributed by atoms with E-state index in [1.54, 1.807) is 21.3 Å². The predicted octanol–water partition coefficient (Wildman–Crippen LogP) is 2.46. The molecule has 0 spiro atoms. The molecule has 25 heavy (non-hydrogen) atoms. The summed E-state index contributed by atoms with van der Waals surface area (Å²) in [5, 5.41) is 10.2. The Kier molecular flexibility index (Phi) is 7.81. The summed E-state index contributed by atoms with van der Waals surface area (Å²) < 4.78 is 21.7. The lowest BCUT2D eigenvalue weighted by Gasteiger charge is -2.34. The fraction of sp³-hybridized carbons (Fsp3) is 0.684. The topological polar surface area (TPSA) is 60.4 Å². The van der Waals surface area contributed by atoms with Gasteiger partial charge in [0, 0.05) is 12.6 Å². The standard InChI is InChI=1S/C19H31NO5/c1-14-7-5-6-8-20(14)11-16(21)13-25-12-15-9-17(22-2)19(24-4)18(10-15)23-3/h9-10,14,16,21H,5-8,11-13H2,1-4H3/t14-,16+/m1/s1. The van der Waals surface area contributed by atoms with Gasteiger partial charge in [-0.3, -0.25) is 4.90 Å². The van der Waals surface area contributed by atoms with Gasteiger partial charge in [0.05, 0.1) is 40.6 Å². The molecule has 1 aromatic rings. The van der Waals surface area contributed by atoms with E-state index < -0.39 is 6.10 Å². The van der Waals surface area contributed by atoms with E-state index in [1.165, 1.54) is 19.3 Å². The van der Waals surface area contributed by atoms with Crippen molar-refractivity contribution in [2.24, 2.45) is 0 Å². The van der Waals surface area contributed by atoms with E-state index in [0.29, 0.717) is 43.0 Å². The molecule has 6 heteroatoms. The van der Waals surface area contributed by atoms with Gasteiger partial charge in [-0.15, -0.1) is 0 Å². The molecular formula is C19H31NO5. The van der Waals surface area contributed by atoms with Crippen LogP contribution in [0.15, 0.2) is 12.1 Å². The summed E-state index contributed by atoms with van der Waals surface area (Å²) in [5.74, 6) is 1.76. The number of β-amino-alcohol motifs (C(OH)–C–C–N with tert-alkyl or cyclic N) is 1. The number of hydrogen-bond acceptors (Lipinski definition) is 6. The molecule has 142 valence electrons. The van der Waals surface area contributed by atoms with Gasteiger partial charge in [0.25, 0.3) is 0 Å². The number of rotatable bonds is 9. The molecule has 1 N–H and O–H groups in total. The van der Waals surface area contributed by atoms with Crippen LogP contribution in [0.2, 0.25) is 0 Å². The molecule has 0 aliphatic carbocycles. The Balaban J connectivity index is 1.86. The molecule has 1 heterocycles. The third kappa shape index (κ3) is 5.49. The smallest absolute Gasteiger partial charge is 0.203 e. The van der Waals surface area contributed by atoms with Crippen LogP contribution in [0, 0.1) is 0 Å². The molecule has 0 amide bonds. The number of ether oxygens (including phenoxy) is 4. The van der Waals surface area contributed by atoms with Gasteiger partial charge >= 0.3 is 0 Å². The van der Waals surface area contributed by atoms with Crippen LogP contribution >= 0.6 is 0 Å². The Morgan fingerprint density at radius 1 is 1.12 bits per heavy atom. The zero-order valence-electron chi connectivity index (χ0n) is 15.8. The van der Waals surface area contributed by atoms with E-state index in [1.807, 2.05) is 12.1 Å². The van der Waals surface area contributed by atoms with Gasteiger partial charge in [0.15, 0.2) is 11.5 Å². The van der Waals surface area contributed by atoms with Gasteiger partial charge in [-0.25, -0.2) is 0 Å². The van der Waals surface area contributed by atoms with Crippen LogP contribution < -0.4 is 14.2 Å². The highest BCUT2D eigenvalue weighted by molar-refractivity contribution is 5.53. The molecule has 1 fully saturated rings. The molecular weight excluding hydrogens is 322 g/mol. The van der Waals surface area contributed by atoms with E-state index in [9.17, 15) is 5.11 Å². The number of benzene rings is 1. The van der Waals surface area contributed by atoms with E-state index in [0.717, 1.165) is 12.1 Å². The zero-order chi connectivity index (χ0) is 18.2. The molecule has 0 saturated carbocycles. The van der Waals surface area contributed by atoms with Crippen molar-refractivity contribution in [3.8, 4) is 17.2 Å². The molecule has 0 bridgehead atoms. The summed E-state index contributed by atoms with van der Waals surface area (Å²) in [6, 6.07) is 4.26. The van der Waals surface area contributed by atoms with Crippen LogP contribution in [0.3, 0.4) is 0 Å². The number of nitrogens with zero attached hydrogens (tertiary/aromatic N) is 1. The second-order valence-corrected chi connectivity index (χ2v) is 6.54. The van der Waals surface area contributed by atoms with Crippen LogP contribution in [0.5, 0.6) is 17.2 Å². The minimum Gasteiger partial charge on any atom is -0.493 e. The molecule has 1 aliphatic rings. The first-order valence-corrected chi connectivity index (χ1v) is 8.87. The summed E-state index contributed by atoms with van der Waals surface area (Å²) >= 11 is 0. The highest BCUT2D eigenvalue weighted by atomic mass is 16.5. The number of hydrogen-bond donors (Lipinski definition) is 1. The molecule has 0 radical (unpaired) electrons. The zero-order valence-corrected chi connectivity index (χ0v) is 15.8. The van der Waals surface area contributed by atoms with Crippen LogP contribution in [-0.4, -0.2) is 63.2 Å². The minimum absolute atomic E-state index is 0.305. The Hall–Kier alpha value is -1.50. The SMILES string of the molecule is COc1cc(COC[C@@H](O)CN2CCCC[C@H]2C)cc(OC)c1OC. The Bertz CT molecular complexity index is 512. The van der Waals surface area contributed by atoms with Crippen molar-refractivity contribution < 1.29 is 24.1 Å². The van der Waals surface area contributed by atoms with Crippen molar-refractivity contribution in [3.05, 3.63) is 17.7 Å². The fourth-order valence-electron chi connectivity index (χ4n) is 3.28. The molecule has 1 saturated heterocycles. The summed E-state index contributed by atoms with van der Waals surface area (Å²) in [5.41, 5.74) is 0.910. The summed E-state index contributed by atoms with van der Waals surface area (Å²) in [4.78, 5) is 2.34. The number of piperidine rings is 1. The molecule has 2 atom stereocenters. The maximum absolute atomic E-state index is 10.2. The second-order valence-electron chi connectivity index (χ2n) is 6.54. The van der Waals surface area contributed by atoms with Gasteiger partial charge in [-0.2, -0.15) is 0 Å². The van der Waals surface area contributed by atoms with Gasteiger partial charge in [0.1, 0.15) is 0 Å². The molecule has 6 nitrogen and oxygen atoms in total. The predicted molar refractivity (Wildman–Crippen MR) is 96.6 cm³/mol. The van der Waals surface area contributed by atoms with Gasteiger partial charge < -0.3 is 24.1 Å². The summed E-state index contributed by atoms with van der Waals surface area (Å²) in [6.45, 7) is 4.63. The maximum atomic E-state index is 10.2. The largest absolute Gasteiger partial charge is 0.493 e. The van der Waals surface area contributed by atoms with E-state index in [2.05, 4.69) is 11.8 Å². The Morgan fingerprint density at radius 2 is 1.80 bits per heavy atom. The molecule has 1 aliphatic heterocycles.